The number of nitrogens with zero attached hydrogens (tertiary/aromatic N) is 1. The lowest BCUT2D eigenvalue weighted by molar-refractivity contribution is 0.659. The Kier molecular flexibility index (Phi) is 4.66. The van der Waals surface area contributed by atoms with Gasteiger partial charge in [-0.2, -0.15) is 0 Å². The van der Waals surface area contributed by atoms with Gasteiger partial charge in [0.15, 0.2) is 0 Å². The number of unbranched alkanes of at least 4 members (excludes halogenated alkanes) is 3. The van der Waals surface area contributed by atoms with Gasteiger partial charge in [-0.15, -0.1) is 0 Å². The van der Waals surface area contributed by atoms with Gasteiger partial charge in [-0.05, 0) is 19.8 Å². The average molecular weight is 195 g/mol. The molecule has 0 aliphatic rings. The van der Waals surface area contributed by atoms with Crippen molar-refractivity contribution in [3.05, 3.63) is 17.7 Å². The highest BCUT2D eigenvalue weighted by molar-refractivity contribution is 5.03. The maximum Gasteiger partial charge on any atom is 0.122 e. The Morgan fingerprint density at radius 2 is 2.21 bits per heavy atom. The fraction of sp³-hybridized carbons (Fsp3) is 0.727. The predicted octanol–water partition coefficient (Wildman–Crippen LogP) is 2.55. The predicted molar refractivity (Wildman–Crippen MR) is 59.0 cm³/mol. The first-order valence-corrected chi connectivity index (χ1v) is 5.53. The minimum Gasteiger partial charge on any atom is -0.345 e. The molecule has 1 rings (SSSR count). The summed E-state index contributed by atoms with van der Waals surface area (Å²) in [6, 6.07) is 0.0133. The number of hydrogen-bond donors (Lipinski definition) is 2. The van der Waals surface area contributed by atoms with Crippen molar-refractivity contribution in [1.82, 2.24) is 9.97 Å². The smallest absolute Gasteiger partial charge is 0.122 e. The molecule has 0 aromatic carbocycles. The minimum atomic E-state index is 0.0133. The van der Waals surface area contributed by atoms with Crippen molar-refractivity contribution in [3.63, 3.8) is 0 Å². The zero-order valence-corrected chi connectivity index (χ0v) is 9.21. The van der Waals surface area contributed by atoms with Crippen LogP contribution < -0.4 is 5.73 Å². The molecule has 14 heavy (non-hydrogen) atoms. The van der Waals surface area contributed by atoms with Gasteiger partial charge in [0, 0.05) is 11.9 Å². The van der Waals surface area contributed by atoms with Crippen LogP contribution in [-0.4, -0.2) is 9.97 Å². The number of aromatic nitrogens is 2. The van der Waals surface area contributed by atoms with Crippen molar-refractivity contribution in [2.75, 3.05) is 0 Å². The molecule has 0 spiro atoms. The molecule has 3 N–H and O–H groups in total. The van der Waals surface area contributed by atoms with Gasteiger partial charge in [0.25, 0.3) is 0 Å². The normalized spacial score (nSPS) is 13.1. The summed E-state index contributed by atoms with van der Waals surface area (Å²) in [4.78, 5) is 7.49. The molecule has 0 bridgehead atoms. The topological polar surface area (TPSA) is 54.7 Å². The molecule has 0 saturated heterocycles. The van der Waals surface area contributed by atoms with Crippen LogP contribution in [0.2, 0.25) is 0 Å². The largest absolute Gasteiger partial charge is 0.345 e. The summed E-state index contributed by atoms with van der Waals surface area (Å²) in [6.45, 7) is 4.17. The van der Waals surface area contributed by atoms with Gasteiger partial charge in [0.2, 0.25) is 0 Å². The summed E-state index contributed by atoms with van der Waals surface area (Å²) in [5.74, 6) is 0.899. The minimum absolute atomic E-state index is 0.0133. The van der Waals surface area contributed by atoms with Crippen molar-refractivity contribution >= 4 is 0 Å². The lowest BCUT2D eigenvalue weighted by Gasteiger charge is -1.99. The van der Waals surface area contributed by atoms with Gasteiger partial charge in [-0.3, -0.25) is 0 Å². The summed E-state index contributed by atoms with van der Waals surface area (Å²) in [7, 11) is 0. The highest BCUT2D eigenvalue weighted by atomic mass is 14.9. The second-order valence-corrected chi connectivity index (χ2v) is 3.89. The molecule has 0 aliphatic heterocycles. The molecular weight excluding hydrogens is 174 g/mol. The number of H-pyrrole nitrogens is 1. The molecule has 1 aromatic rings. The second-order valence-electron chi connectivity index (χ2n) is 3.89. The van der Waals surface area contributed by atoms with E-state index in [9.17, 15) is 0 Å². The number of nitrogens with one attached hydrogen (secondary N) is 1. The number of aromatic amines is 1. The summed E-state index contributed by atoms with van der Waals surface area (Å²) >= 11 is 0. The van der Waals surface area contributed by atoms with Gasteiger partial charge < -0.3 is 10.7 Å². The fourth-order valence-corrected chi connectivity index (χ4v) is 1.48. The molecule has 0 saturated carbocycles. The van der Waals surface area contributed by atoms with Crippen LogP contribution >= 0.6 is 0 Å². The van der Waals surface area contributed by atoms with E-state index in [1.165, 1.54) is 31.4 Å². The molecule has 0 fully saturated rings. The molecule has 3 nitrogen and oxygen atoms in total. The summed E-state index contributed by atoms with van der Waals surface area (Å²) in [5.41, 5.74) is 6.93. The van der Waals surface area contributed by atoms with Crippen molar-refractivity contribution in [2.45, 2.75) is 52.0 Å². The third kappa shape index (κ3) is 3.50. The summed E-state index contributed by atoms with van der Waals surface area (Å²) in [6.07, 6.45) is 8.17. The Hall–Kier alpha value is -0.830. The molecule has 1 heterocycles. The van der Waals surface area contributed by atoms with Gasteiger partial charge in [-0.25, -0.2) is 4.98 Å². The van der Waals surface area contributed by atoms with Gasteiger partial charge in [0.05, 0.1) is 6.04 Å². The van der Waals surface area contributed by atoms with Crippen LogP contribution in [-0.2, 0) is 6.42 Å². The van der Waals surface area contributed by atoms with Crippen LogP contribution in [0.4, 0.5) is 0 Å². The standard InChI is InChI=1S/C11H21N3/c1-3-4-5-6-7-10-8-13-11(14-10)9(2)12/h8-9H,3-7,12H2,1-2H3,(H,13,14). The number of imidazole rings is 1. The monoisotopic (exact) mass is 195 g/mol. The van der Waals surface area contributed by atoms with Crippen LogP contribution in [0.5, 0.6) is 0 Å². The molecule has 0 radical (unpaired) electrons. The van der Waals surface area contributed by atoms with E-state index in [0.29, 0.717) is 0 Å². The van der Waals surface area contributed by atoms with Crippen LogP contribution in [0.3, 0.4) is 0 Å². The van der Waals surface area contributed by atoms with Crippen molar-refractivity contribution in [3.8, 4) is 0 Å². The highest BCUT2D eigenvalue weighted by Crippen LogP contribution is 2.08. The van der Waals surface area contributed by atoms with Gasteiger partial charge in [-0.1, -0.05) is 26.2 Å². The first kappa shape index (κ1) is 11.2. The Bertz CT molecular complexity index is 253. The molecule has 1 aromatic heterocycles. The molecule has 0 aliphatic carbocycles. The SMILES string of the molecule is CCCCCCc1cnc(C(C)N)[nH]1. The Balaban J connectivity index is 2.29. The third-order valence-electron chi connectivity index (χ3n) is 2.38. The summed E-state index contributed by atoms with van der Waals surface area (Å²) in [5, 5.41) is 0. The zero-order chi connectivity index (χ0) is 10.4. The summed E-state index contributed by atoms with van der Waals surface area (Å²) < 4.78 is 0. The van der Waals surface area contributed by atoms with E-state index in [-0.39, 0.29) is 6.04 Å². The number of aryl methyl sites for hydroxylation is 1. The average Bonchev–Trinajstić information content (AvgIpc) is 2.61. The first-order chi connectivity index (χ1) is 6.74. The van der Waals surface area contributed by atoms with E-state index < -0.39 is 0 Å². The maximum absolute atomic E-state index is 5.71. The van der Waals surface area contributed by atoms with Crippen molar-refractivity contribution in [2.24, 2.45) is 5.73 Å². The quantitative estimate of drug-likeness (QED) is 0.685. The van der Waals surface area contributed by atoms with E-state index in [2.05, 4.69) is 16.9 Å². The number of hydrogen-bond acceptors (Lipinski definition) is 2. The third-order valence-corrected chi connectivity index (χ3v) is 2.38. The lowest BCUT2D eigenvalue weighted by Crippen LogP contribution is -2.06. The van der Waals surface area contributed by atoms with E-state index in [1.807, 2.05) is 13.1 Å². The molecule has 3 heteroatoms. The van der Waals surface area contributed by atoms with Crippen molar-refractivity contribution in [1.29, 1.82) is 0 Å². The fourth-order valence-electron chi connectivity index (χ4n) is 1.48. The van der Waals surface area contributed by atoms with Crippen LogP contribution in [0.25, 0.3) is 0 Å². The Labute approximate surface area is 86.1 Å². The van der Waals surface area contributed by atoms with Gasteiger partial charge >= 0.3 is 0 Å². The van der Waals surface area contributed by atoms with Crippen LogP contribution in [0.15, 0.2) is 6.20 Å². The highest BCUT2D eigenvalue weighted by Gasteiger charge is 2.03. The molecule has 0 amide bonds. The van der Waals surface area contributed by atoms with E-state index in [0.717, 1.165) is 12.2 Å². The Morgan fingerprint density at radius 3 is 2.79 bits per heavy atom. The van der Waals surface area contributed by atoms with E-state index in [1.54, 1.807) is 0 Å². The Morgan fingerprint density at radius 1 is 1.43 bits per heavy atom. The number of nitrogens with two attached hydrogens (primary N) is 1. The molecule has 1 unspecified atom stereocenters. The second kappa shape index (κ2) is 5.81. The van der Waals surface area contributed by atoms with E-state index in [4.69, 9.17) is 5.73 Å². The molecular formula is C11H21N3. The zero-order valence-electron chi connectivity index (χ0n) is 9.21. The van der Waals surface area contributed by atoms with Crippen molar-refractivity contribution < 1.29 is 0 Å². The maximum atomic E-state index is 5.71. The van der Waals surface area contributed by atoms with Gasteiger partial charge in [0.1, 0.15) is 5.82 Å². The van der Waals surface area contributed by atoms with Crippen LogP contribution in [0, 0.1) is 0 Å². The van der Waals surface area contributed by atoms with E-state index >= 15 is 0 Å². The molecule has 1 atom stereocenters. The van der Waals surface area contributed by atoms with Crippen LogP contribution in [0.1, 0.15) is 57.1 Å². The lowest BCUT2D eigenvalue weighted by atomic mass is 10.1. The first-order valence-electron chi connectivity index (χ1n) is 5.53. The molecule has 80 valence electrons. The number of rotatable bonds is 6.